The van der Waals surface area contributed by atoms with Crippen LogP contribution in [0.15, 0.2) is 28.9 Å². The average Bonchev–Trinajstić information content (AvgIpc) is 3.38. The lowest BCUT2D eigenvalue weighted by atomic mass is 9.96. The molecular weight excluding hydrogens is 436 g/mol. The highest BCUT2D eigenvalue weighted by atomic mass is 79.9. The molecule has 8 heteroatoms. The number of imidazole rings is 1. The van der Waals surface area contributed by atoms with Crippen molar-refractivity contribution in [2.24, 2.45) is 0 Å². The summed E-state index contributed by atoms with van der Waals surface area (Å²) in [5.74, 6) is 0.647. The van der Waals surface area contributed by atoms with Crippen LogP contribution in [0.4, 0.5) is 4.79 Å². The van der Waals surface area contributed by atoms with E-state index in [0.717, 1.165) is 40.0 Å². The maximum Gasteiger partial charge on any atom is 0.407 e. The van der Waals surface area contributed by atoms with E-state index in [2.05, 4.69) is 32.3 Å². The smallest absolute Gasteiger partial charge is 0.407 e. The van der Waals surface area contributed by atoms with Crippen molar-refractivity contribution in [3.8, 4) is 11.3 Å². The molecule has 156 valence electrons. The number of hydrogen-bond acceptors (Lipinski definition) is 4. The number of aryl methyl sites for hydroxylation is 1. The number of carbonyl (C=O) groups excluding carboxylic acids is 2. The molecule has 2 heterocycles. The van der Waals surface area contributed by atoms with Gasteiger partial charge in [0.1, 0.15) is 11.4 Å². The Balaban J connectivity index is 1.83. The Morgan fingerprint density at radius 2 is 2.21 bits per heavy atom. The molecule has 0 radical (unpaired) electrons. The van der Waals surface area contributed by atoms with Crippen LogP contribution in [-0.4, -0.2) is 46.1 Å². The Bertz CT molecular complexity index is 913. The second kappa shape index (κ2) is 8.57. The Labute approximate surface area is 179 Å². The summed E-state index contributed by atoms with van der Waals surface area (Å²) in [7, 11) is 1.29. The number of rotatable bonds is 5. The van der Waals surface area contributed by atoms with Crippen LogP contribution in [0, 0.1) is 6.92 Å². The van der Waals surface area contributed by atoms with E-state index >= 15 is 0 Å². The molecule has 1 fully saturated rings. The van der Waals surface area contributed by atoms with Crippen LogP contribution in [0.1, 0.15) is 50.5 Å². The summed E-state index contributed by atoms with van der Waals surface area (Å²) in [6.45, 7) is 6.29. The lowest BCUT2D eigenvalue weighted by Gasteiger charge is -2.34. The van der Waals surface area contributed by atoms with Gasteiger partial charge in [-0.25, -0.2) is 9.78 Å². The standard InChI is InChI=1S/C21H27BrN4O3/c1-5-21(3,25-20(28)29-4)19(27)26-10-6-7-17(26)18-23-12-16(24-18)14-8-9-15(22)13(2)11-14/h8-9,11-12,17H,5-7,10H2,1-4H3,(H,23,24)(H,25,28)/t17-,21-/m0/s1. The fourth-order valence-electron chi connectivity index (χ4n) is 3.64. The Hall–Kier alpha value is -2.35. The van der Waals surface area contributed by atoms with Crippen molar-refractivity contribution in [3.05, 3.63) is 40.3 Å². The third-order valence-electron chi connectivity index (χ3n) is 5.62. The van der Waals surface area contributed by atoms with Gasteiger partial charge in [-0.3, -0.25) is 4.79 Å². The number of hydrogen-bond donors (Lipinski definition) is 2. The minimum absolute atomic E-state index is 0.120. The number of methoxy groups -OCH3 is 1. The first-order valence-electron chi connectivity index (χ1n) is 9.78. The van der Waals surface area contributed by atoms with Gasteiger partial charge in [0, 0.05) is 22.8 Å². The molecule has 0 bridgehead atoms. The predicted octanol–water partition coefficient (Wildman–Crippen LogP) is 4.34. The minimum Gasteiger partial charge on any atom is -0.453 e. The molecule has 1 aliphatic rings. The molecular formula is C21H27BrN4O3. The molecule has 2 N–H and O–H groups in total. The van der Waals surface area contributed by atoms with Crippen LogP contribution in [0.5, 0.6) is 0 Å². The van der Waals surface area contributed by atoms with Crippen LogP contribution in [-0.2, 0) is 9.53 Å². The highest BCUT2D eigenvalue weighted by molar-refractivity contribution is 9.10. The summed E-state index contributed by atoms with van der Waals surface area (Å²) >= 11 is 3.52. The number of alkyl carbamates (subject to hydrolysis) is 1. The lowest BCUT2D eigenvalue weighted by molar-refractivity contribution is -0.138. The number of aromatic nitrogens is 2. The van der Waals surface area contributed by atoms with Gasteiger partial charge in [0.25, 0.3) is 0 Å². The number of amides is 2. The van der Waals surface area contributed by atoms with Crippen LogP contribution < -0.4 is 5.32 Å². The zero-order valence-electron chi connectivity index (χ0n) is 17.2. The van der Waals surface area contributed by atoms with Crippen molar-refractivity contribution in [1.82, 2.24) is 20.2 Å². The second-order valence-electron chi connectivity index (χ2n) is 7.59. The van der Waals surface area contributed by atoms with Gasteiger partial charge >= 0.3 is 6.09 Å². The summed E-state index contributed by atoms with van der Waals surface area (Å²) in [4.78, 5) is 34.9. The molecule has 2 atom stereocenters. The Morgan fingerprint density at radius 3 is 2.86 bits per heavy atom. The predicted molar refractivity (Wildman–Crippen MR) is 114 cm³/mol. The molecule has 0 aliphatic carbocycles. The summed E-state index contributed by atoms with van der Waals surface area (Å²) in [5.41, 5.74) is 1.99. The maximum absolute atomic E-state index is 13.3. The van der Waals surface area contributed by atoms with Crippen molar-refractivity contribution in [1.29, 1.82) is 0 Å². The SMILES string of the molecule is CC[C@](C)(NC(=O)OC)C(=O)N1CCC[C@H]1c1nc(-c2ccc(Br)c(C)c2)c[nH]1. The summed E-state index contributed by atoms with van der Waals surface area (Å²) in [6, 6.07) is 5.97. The molecule has 0 saturated carbocycles. The van der Waals surface area contributed by atoms with E-state index in [1.807, 2.05) is 37.1 Å². The average molecular weight is 463 g/mol. The fraction of sp³-hybridized carbons (Fsp3) is 0.476. The van der Waals surface area contributed by atoms with E-state index in [1.165, 1.54) is 7.11 Å². The number of nitrogens with zero attached hydrogens (tertiary/aromatic N) is 2. The number of nitrogens with one attached hydrogen (secondary N) is 2. The number of likely N-dealkylation sites (tertiary alicyclic amines) is 1. The van der Waals surface area contributed by atoms with Gasteiger partial charge in [-0.15, -0.1) is 0 Å². The Morgan fingerprint density at radius 1 is 1.45 bits per heavy atom. The second-order valence-corrected chi connectivity index (χ2v) is 8.45. The highest BCUT2D eigenvalue weighted by Gasteiger charge is 2.42. The zero-order valence-corrected chi connectivity index (χ0v) is 18.8. The number of benzene rings is 1. The first-order chi connectivity index (χ1) is 13.8. The van der Waals surface area contributed by atoms with E-state index in [1.54, 1.807) is 6.92 Å². The van der Waals surface area contributed by atoms with Crippen LogP contribution in [0.2, 0.25) is 0 Å². The van der Waals surface area contributed by atoms with Crippen molar-refractivity contribution >= 4 is 27.9 Å². The molecule has 1 aromatic heterocycles. The highest BCUT2D eigenvalue weighted by Crippen LogP contribution is 2.34. The molecule has 2 amide bonds. The van der Waals surface area contributed by atoms with Crippen molar-refractivity contribution in [2.75, 3.05) is 13.7 Å². The van der Waals surface area contributed by atoms with Gasteiger partial charge in [0.15, 0.2) is 0 Å². The van der Waals surface area contributed by atoms with Crippen molar-refractivity contribution < 1.29 is 14.3 Å². The van der Waals surface area contributed by atoms with E-state index in [9.17, 15) is 9.59 Å². The number of H-pyrrole nitrogens is 1. The third-order valence-corrected chi connectivity index (χ3v) is 6.51. The molecule has 0 unspecified atom stereocenters. The molecule has 0 spiro atoms. The quantitative estimate of drug-likeness (QED) is 0.691. The normalized spacial score (nSPS) is 18.4. The first-order valence-corrected chi connectivity index (χ1v) is 10.6. The molecule has 7 nitrogen and oxygen atoms in total. The van der Waals surface area contributed by atoms with E-state index in [4.69, 9.17) is 9.72 Å². The van der Waals surface area contributed by atoms with Gasteiger partial charge in [-0.2, -0.15) is 0 Å². The zero-order chi connectivity index (χ0) is 21.2. The fourth-order valence-corrected chi connectivity index (χ4v) is 3.89. The third kappa shape index (κ3) is 4.32. The first kappa shape index (κ1) is 21.4. The number of ether oxygens (including phenoxy) is 1. The van der Waals surface area contributed by atoms with E-state index in [0.29, 0.717) is 13.0 Å². The van der Waals surface area contributed by atoms with Crippen LogP contribution >= 0.6 is 15.9 Å². The molecule has 2 aromatic rings. The van der Waals surface area contributed by atoms with E-state index < -0.39 is 11.6 Å². The molecule has 29 heavy (non-hydrogen) atoms. The lowest BCUT2D eigenvalue weighted by Crippen LogP contribution is -2.57. The van der Waals surface area contributed by atoms with Gasteiger partial charge < -0.3 is 19.9 Å². The number of carbonyl (C=O) groups is 2. The van der Waals surface area contributed by atoms with Gasteiger partial charge in [-0.1, -0.05) is 28.9 Å². The maximum atomic E-state index is 13.3. The van der Waals surface area contributed by atoms with Gasteiger partial charge in [0.05, 0.1) is 18.8 Å². The monoisotopic (exact) mass is 462 g/mol. The minimum atomic E-state index is -1.02. The molecule has 3 rings (SSSR count). The van der Waals surface area contributed by atoms with Crippen LogP contribution in [0.25, 0.3) is 11.3 Å². The molecule has 1 aromatic carbocycles. The molecule has 1 aliphatic heterocycles. The van der Waals surface area contributed by atoms with Gasteiger partial charge in [0.2, 0.25) is 5.91 Å². The van der Waals surface area contributed by atoms with Crippen LogP contribution in [0.3, 0.4) is 0 Å². The van der Waals surface area contributed by atoms with E-state index in [-0.39, 0.29) is 11.9 Å². The topological polar surface area (TPSA) is 87.3 Å². The van der Waals surface area contributed by atoms with Crippen molar-refractivity contribution in [3.63, 3.8) is 0 Å². The van der Waals surface area contributed by atoms with Crippen molar-refractivity contribution in [2.45, 2.75) is 51.6 Å². The molecule has 1 saturated heterocycles. The summed E-state index contributed by atoms with van der Waals surface area (Å²) in [6.07, 6.45) is 3.46. The summed E-state index contributed by atoms with van der Waals surface area (Å²) in [5, 5.41) is 2.70. The number of aromatic amines is 1. The largest absolute Gasteiger partial charge is 0.453 e. The number of halogens is 1. The van der Waals surface area contributed by atoms with Gasteiger partial charge in [-0.05, 0) is 50.8 Å². The summed E-state index contributed by atoms with van der Waals surface area (Å²) < 4.78 is 5.76. The Kier molecular flexibility index (Phi) is 6.31.